The van der Waals surface area contributed by atoms with E-state index in [4.69, 9.17) is 9.47 Å². The molecule has 2 aromatic carbocycles. The minimum atomic E-state index is -1.37. The lowest BCUT2D eigenvalue weighted by Crippen LogP contribution is -2.47. The van der Waals surface area contributed by atoms with E-state index in [2.05, 4.69) is 19.2 Å². The average molecular weight is 383 g/mol. The fourth-order valence-electron chi connectivity index (χ4n) is 3.58. The SMILES string of the molecule is CCCOc1cccc(C(O)(c2cccc(OCCC)c2)[C@H]2CCC(=O)N2)c1. The summed E-state index contributed by atoms with van der Waals surface area (Å²) in [5.74, 6) is 1.38. The van der Waals surface area contributed by atoms with E-state index in [1.807, 2.05) is 48.5 Å². The molecule has 0 aromatic heterocycles. The number of rotatable bonds is 9. The second kappa shape index (κ2) is 9.11. The van der Waals surface area contributed by atoms with Crippen LogP contribution in [-0.2, 0) is 10.4 Å². The molecule has 0 unspecified atom stereocenters. The normalized spacial score (nSPS) is 16.7. The topological polar surface area (TPSA) is 67.8 Å². The van der Waals surface area contributed by atoms with E-state index in [-0.39, 0.29) is 5.91 Å². The highest BCUT2D eigenvalue weighted by Crippen LogP contribution is 2.39. The molecule has 0 bridgehead atoms. The predicted octanol–water partition coefficient (Wildman–Crippen LogP) is 3.78. The number of aliphatic hydroxyl groups is 1. The van der Waals surface area contributed by atoms with Crippen molar-refractivity contribution < 1.29 is 19.4 Å². The van der Waals surface area contributed by atoms with Crippen LogP contribution in [0.25, 0.3) is 0 Å². The third-order valence-electron chi connectivity index (χ3n) is 4.99. The van der Waals surface area contributed by atoms with E-state index in [0.717, 1.165) is 12.8 Å². The third-order valence-corrected chi connectivity index (χ3v) is 4.99. The van der Waals surface area contributed by atoms with Gasteiger partial charge in [-0.25, -0.2) is 0 Å². The maximum Gasteiger partial charge on any atom is 0.220 e. The first-order chi connectivity index (χ1) is 13.6. The first-order valence-electron chi connectivity index (χ1n) is 10.1. The summed E-state index contributed by atoms with van der Waals surface area (Å²) in [4.78, 5) is 11.9. The molecule has 0 spiro atoms. The van der Waals surface area contributed by atoms with Crippen LogP contribution in [-0.4, -0.2) is 30.3 Å². The highest BCUT2D eigenvalue weighted by Gasteiger charge is 2.44. The van der Waals surface area contributed by atoms with Crippen LogP contribution in [0.3, 0.4) is 0 Å². The first kappa shape index (κ1) is 20.2. The van der Waals surface area contributed by atoms with Crippen LogP contribution < -0.4 is 14.8 Å². The fraction of sp³-hybridized carbons (Fsp3) is 0.435. The molecule has 0 aliphatic carbocycles. The molecule has 3 rings (SSSR count). The van der Waals surface area contributed by atoms with Crippen LogP contribution >= 0.6 is 0 Å². The zero-order valence-electron chi connectivity index (χ0n) is 16.6. The summed E-state index contributed by atoms with van der Waals surface area (Å²) in [6.07, 6.45) is 2.79. The molecule has 1 aliphatic heterocycles. The number of nitrogens with one attached hydrogen (secondary N) is 1. The summed E-state index contributed by atoms with van der Waals surface area (Å²) in [5.41, 5.74) is 0.0189. The van der Waals surface area contributed by atoms with Crippen molar-refractivity contribution in [2.45, 2.75) is 51.2 Å². The molecular formula is C23H29NO4. The quantitative estimate of drug-likeness (QED) is 0.692. The van der Waals surface area contributed by atoms with E-state index < -0.39 is 11.6 Å². The molecule has 1 fully saturated rings. The number of benzene rings is 2. The van der Waals surface area contributed by atoms with Crippen molar-refractivity contribution in [3.63, 3.8) is 0 Å². The van der Waals surface area contributed by atoms with Crippen LogP contribution in [0.5, 0.6) is 11.5 Å². The van der Waals surface area contributed by atoms with Crippen LogP contribution in [0.1, 0.15) is 50.7 Å². The maximum absolute atomic E-state index is 11.9. The minimum absolute atomic E-state index is 0.0415. The highest BCUT2D eigenvalue weighted by molar-refractivity contribution is 5.79. The Labute approximate surface area is 166 Å². The highest BCUT2D eigenvalue weighted by atomic mass is 16.5. The van der Waals surface area contributed by atoms with Gasteiger partial charge in [-0.3, -0.25) is 4.79 Å². The van der Waals surface area contributed by atoms with Gasteiger partial charge in [0.1, 0.15) is 17.1 Å². The van der Waals surface area contributed by atoms with Gasteiger partial charge in [0.15, 0.2) is 0 Å². The molecule has 1 amide bonds. The zero-order chi connectivity index (χ0) is 20.0. The van der Waals surface area contributed by atoms with Gasteiger partial charge in [-0.2, -0.15) is 0 Å². The van der Waals surface area contributed by atoms with E-state index in [0.29, 0.717) is 48.7 Å². The summed E-state index contributed by atoms with van der Waals surface area (Å²) in [6.45, 7) is 5.33. The summed E-state index contributed by atoms with van der Waals surface area (Å²) in [6, 6.07) is 14.6. The molecule has 2 N–H and O–H groups in total. The van der Waals surface area contributed by atoms with Gasteiger partial charge in [-0.15, -0.1) is 0 Å². The largest absolute Gasteiger partial charge is 0.494 e. The van der Waals surface area contributed by atoms with Crippen molar-refractivity contribution in [3.05, 3.63) is 59.7 Å². The van der Waals surface area contributed by atoms with Gasteiger partial charge >= 0.3 is 0 Å². The Balaban J connectivity index is 2.03. The Hall–Kier alpha value is -2.53. The molecule has 150 valence electrons. The predicted molar refractivity (Wildman–Crippen MR) is 109 cm³/mol. The molecule has 1 heterocycles. The van der Waals surface area contributed by atoms with Crippen LogP contribution in [0, 0.1) is 0 Å². The standard InChI is InChI=1S/C23H29NO4/c1-3-13-27-19-9-5-7-17(15-19)23(26,21-11-12-22(25)24-21)18-8-6-10-20(16-18)28-14-4-2/h5-10,15-16,21,26H,3-4,11-14H2,1-2H3,(H,24,25)/t21-/m1/s1. The van der Waals surface area contributed by atoms with Gasteiger partial charge in [-0.05, 0) is 54.7 Å². The molecule has 0 saturated carbocycles. The number of ether oxygens (including phenoxy) is 2. The Morgan fingerprint density at radius 1 is 1.00 bits per heavy atom. The van der Waals surface area contributed by atoms with Crippen molar-refractivity contribution in [1.82, 2.24) is 5.32 Å². The van der Waals surface area contributed by atoms with Crippen LogP contribution in [0.15, 0.2) is 48.5 Å². The lowest BCUT2D eigenvalue weighted by atomic mass is 9.79. The number of hydrogen-bond donors (Lipinski definition) is 2. The molecule has 5 nitrogen and oxygen atoms in total. The van der Waals surface area contributed by atoms with Gasteiger partial charge < -0.3 is 19.9 Å². The second-order valence-corrected chi connectivity index (χ2v) is 7.18. The number of hydrogen-bond acceptors (Lipinski definition) is 4. The van der Waals surface area contributed by atoms with E-state index in [1.54, 1.807) is 0 Å². The summed E-state index contributed by atoms with van der Waals surface area (Å²) < 4.78 is 11.5. The van der Waals surface area contributed by atoms with Crippen molar-refractivity contribution in [1.29, 1.82) is 0 Å². The number of carbonyl (C=O) groups excluding carboxylic acids is 1. The van der Waals surface area contributed by atoms with Gasteiger partial charge in [0.05, 0.1) is 19.3 Å². The second-order valence-electron chi connectivity index (χ2n) is 7.18. The molecule has 5 heteroatoms. The van der Waals surface area contributed by atoms with Gasteiger partial charge in [-0.1, -0.05) is 38.1 Å². The molecule has 0 radical (unpaired) electrons. The summed E-state index contributed by atoms with van der Waals surface area (Å²) in [5, 5.41) is 14.9. The lowest BCUT2D eigenvalue weighted by Gasteiger charge is -2.35. The smallest absolute Gasteiger partial charge is 0.220 e. The Kier molecular flexibility index (Phi) is 6.57. The molecular weight excluding hydrogens is 354 g/mol. The molecule has 1 atom stereocenters. The summed E-state index contributed by atoms with van der Waals surface area (Å²) >= 11 is 0. The molecule has 1 aliphatic rings. The Bertz CT molecular complexity index is 753. The Morgan fingerprint density at radius 2 is 1.54 bits per heavy atom. The maximum atomic E-state index is 11.9. The number of carbonyl (C=O) groups is 1. The van der Waals surface area contributed by atoms with E-state index in [9.17, 15) is 9.90 Å². The first-order valence-corrected chi connectivity index (χ1v) is 10.1. The molecule has 2 aromatic rings. The molecule has 28 heavy (non-hydrogen) atoms. The van der Waals surface area contributed by atoms with Crippen LogP contribution in [0.2, 0.25) is 0 Å². The average Bonchev–Trinajstić information content (AvgIpc) is 3.17. The van der Waals surface area contributed by atoms with Crippen molar-refractivity contribution in [2.75, 3.05) is 13.2 Å². The van der Waals surface area contributed by atoms with E-state index >= 15 is 0 Å². The fourth-order valence-corrected chi connectivity index (χ4v) is 3.58. The van der Waals surface area contributed by atoms with E-state index in [1.165, 1.54) is 0 Å². The summed E-state index contributed by atoms with van der Waals surface area (Å²) in [7, 11) is 0. The molecule has 1 saturated heterocycles. The van der Waals surface area contributed by atoms with Gasteiger partial charge in [0, 0.05) is 6.42 Å². The Morgan fingerprint density at radius 3 is 1.96 bits per heavy atom. The van der Waals surface area contributed by atoms with Gasteiger partial charge in [0.25, 0.3) is 0 Å². The zero-order valence-corrected chi connectivity index (χ0v) is 16.6. The van der Waals surface area contributed by atoms with Gasteiger partial charge in [0.2, 0.25) is 5.91 Å². The third kappa shape index (κ3) is 4.30. The number of amides is 1. The van der Waals surface area contributed by atoms with Crippen LogP contribution in [0.4, 0.5) is 0 Å². The van der Waals surface area contributed by atoms with Crippen molar-refractivity contribution in [2.24, 2.45) is 0 Å². The lowest BCUT2D eigenvalue weighted by molar-refractivity contribution is -0.120. The van der Waals surface area contributed by atoms with Crippen molar-refractivity contribution in [3.8, 4) is 11.5 Å². The monoisotopic (exact) mass is 383 g/mol. The minimum Gasteiger partial charge on any atom is -0.494 e. The van der Waals surface area contributed by atoms with Crippen molar-refractivity contribution >= 4 is 5.91 Å².